The van der Waals surface area contributed by atoms with Gasteiger partial charge in [-0.2, -0.15) is 0 Å². The van der Waals surface area contributed by atoms with E-state index in [-0.39, 0.29) is 0 Å². The lowest BCUT2D eigenvalue weighted by Gasteiger charge is -2.10. The van der Waals surface area contributed by atoms with Crippen molar-refractivity contribution in [1.29, 1.82) is 0 Å². The Balaban J connectivity index is 2.08. The molecule has 0 heterocycles. The summed E-state index contributed by atoms with van der Waals surface area (Å²) in [5.74, 6) is 0.732. The van der Waals surface area contributed by atoms with E-state index in [0.29, 0.717) is 11.6 Å². The number of aliphatic hydroxyl groups excluding tert-OH is 1. The average molecular weight is 277 g/mol. The number of aliphatic hydroxyl groups is 1. The van der Waals surface area contributed by atoms with Gasteiger partial charge in [0.2, 0.25) is 0 Å². The van der Waals surface area contributed by atoms with Crippen LogP contribution in [-0.2, 0) is 6.61 Å². The highest BCUT2D eigenvalue weighted by Gasteiger charge is 2.04. The maximum Gasteiger partial charge on any atom is 0.120 e. The molecule has 3 heteroatoms. The first-order valence-electron chi connectivity index (χ1n) is 6.22. The molecule has 0 aliphatic rings. The van der Waals surface area contributed by atoms with Crippen molar-refractivity contribution in [3.63, 3.8) is 0 Å². The molecule has 2 aromatic carbocycles. The molecule has 2 rings (SSSR count). The normalized spacial score (nSPS) is 12.2. The van der Waals surface area contributed by atoms with Gasteiger partial charge in [0.25, 0.3) is 0 Å². The van der Waals surface area contributed by atoms with Crippen molar-refractivity contribution >= 4 is 11.6 Å². The Morgan fingerprint density at radius 1 is 1.21 bits per heavy atom. The molecule has 0 spiro atoms. The van der Waals surface area contributed by atoms with Gasteiger partial charge >= 0.3 is 0 Å². The first-order valence-corrected chi connectivity index (χ1v) is 6.60. The van der Waals surface area contributed by atoms with Crippen molar-refractivity contribution in [2.24, 2.45) is 0 Å². The lowest BCUT2D eigenvalue weighted by molar-refractivity contribution is 0.198. The first kappa shape index (κ1) is 13.9. The van der Waals surface area contributed by atoms with Crippen LogP contribution in [0.15, 0.2) is 42.5 Å². The fourth-order valence-electron chi connectivity index (χ4n) is 1.79. The summed E-state index contributed by atoms with van der Waals surface area (Å²) in [6.45, 7) is 4.15. The third-order valence-corrected chi connectivity index (χ3v) is 3.30. The van der Waals surface area contributed by atoms with Gasteiger partial charge in [-0.1, -0.05) is 35.9 Å². The molecule has 0 amide bonds. The fourth-order valence-corrected chi connectivity index (χ4v) is 2.08. The minimum atomic E-state index is -0.494. The van der Waals surface area contributed by atoms with Crippen molar-refractivity contribution < 1.29 is 9.84 Å². The van der Waals surface area contributed by atoms with E-state index in [9.17, 15) is 5.11 Å². The Morgan fingerprint density at radius 2 is 2.00 bits per heavy atom. The number of halogens is 1. The number of rotatable bonds is 4. The Bertz CT molecular complexity index is 564. The lowest BCUT2D eigenvalue weighted by atomic mass is 10.1. The second-order valence-electron chi connectivity index (χ2n) is 4.63. The molecule has 0 saturated carbocycles. The molecule has 0 radical (unpaired) electrons. The van der Waals surface area contributed by atoms with E-state index in [4.69, 9.17) is 16.3 Å². The van der Waals surface area contributed by atoms with Crippen LogP contribution >= 0.6 is 11.6 Å². The predicted molar refractivity (Wildman–Crippen MR) is 77.6 cm³/mol. The molecule has 1 unspecified atom stereocenters. The summed E-state index contributed by atoms with van der Waals surface area (Å²) in [6, 6.07) is 13.4. The van der Waals surface area contributed by atoms with Crippen molar-refractivity contribution in [1.82, 2.24) is 0 Å². The molecule has 0 saturated heterocycles. The standard InChI is InChI=1S/C16H17ClO2/c1-11-6-7-14(16(17)8-11)10-19-15-5-3-4-13(9-15)12(2)18/h3-9,12,18H,10H2,1-2H3. The summed E-state index contributed by atoms with van der Waals surface area (Å²) in [5, 5.41) is 10.2. The zero-order valence-electron chi connectivity index (χ0n) is 11.1. The first-order chi connectivity index (χ1) is 9.06. The second-order valence-corrected chi connectivity index (χ2v) is 5.04. The molecule has 2 nitrogen and oxygen atoms in total. The van der Waals surface area contributed by atoms with Gasteiger partial charge in [0, 0.05) is 10.6 Å². The van der Waals surface area contributed by atoms with Crippen LogP contribution in [0.2, 0.25) is 5.02 Å². The molecule has 100 valence electrons. The molecule has 0 aliphatic heterocycles. The topological polar surface area (TPSA) is 29.5 Å². The molecule has 0 fully saturated rings. The third-order valence-electron chi connectivity index (χ3n) is 2.94. The van der Waals surface area contributed by atoms with Gasteiger partial charge in [0.15, 0.2) is 0 Å². The van der Waals surface area contributed by atoms with Gasteiger partial charge in [-0.15, -0.1) is 0 Å². The Labute approximate surface area is 118 Å². The Kier molecular flexibility index (Phi) is 4.46. The van der Waals surface area contributed by atoms with Crippen molar-refractivity contribution in [2.45, 2.75) is 26.6 Å². The van der Waals surface area contributed by atoms with Crippen molar-refractivity contribution in [2.75, 3.05) is 0 Å². The van der Waals surface area contributed by atoms with E-state index in [0.717, 1.165) is 22.4 Å². The van der Waals surface area contributed by atoms with Crippen LogP contribution in [0.3, 0.4) is 0 Å². The number of ether oxygens (including phenoxy) is 1. The smallest absolute Gasteiger partial charge is 0.120 e. The third kappa shape index (κ3) is 3.72. The maximum atomic E-state index is 9.53. The summed E-state index contributed by atoms with van der Waals surface area (Å²) in [6.07, 6.45) is -0.494. The maximum absolute atomic E-state index is 9.53. The number of hydrogen-bond donors (Lipinski definition) is 1. The Morgan fingerprint density at radius 3 is 2.68 bits per heavy atom. The molecule has 1 N–H and O–H groups in total. The minimum absolute atomic E-state index is 0.419. The van der Waals surface area contributed by atoms with Crippen LogP contribution in [-0.4, -0.2) is 5.11 Å². The summed E-state index contributed by atoms with van der Waals surface area (Å²) in [5.41, 5.74) is 2.92. The fraction of sp³-hybridized carbons (Fsp3) is 0.250. The average Bonchev–Trinajstić information content (AvgIpc) is 2.38. The van der Waals surface area contributed by atoms with E-state index in [1.165, 1.54) is 0 Å². The van der Waals surface area contributed by atoms with Crippen LogP contribution in [0.4, 0.5) is 0 Å². The second kappa shape index (κ2) is 6.09. The molecule has 0 aliphatic carbocycles. The molecular formula is C16H17ClO2. The van der Waals surface area contributed by atoms with Crippen LogP contribution in [0.1, 0.15) is 29.7 Å². The summed E-state index contributed by atoms with van der Waals surface area (Å²) >= 11 is 6.16. The monoisotopic (exact) mass is 276 g/mol. The van der Waals surface area contributed by atoms with Crippen LogP contribution in [0, 0.1) is 6.92 Å². The van der Waals surface area contributed by atoms with Gasteiger partial charge in [-0.3, -0.25) is 0 Å². The molecule has 1 atom stereocenters. The lowest BCUT2D eigenvalue weighted by Crippen LogP contribution is -1.98. The number of aryl methyl sites for hydroxylation is 1. The molecule has 2 aromatic rings. The van der Waals surface area contributed by atoms with E-state index in [1.54, 1.807) is 6.92 Å². The summed E-state index contributed by atoms with van der Waals surface area (Å²) in [4.78, 5) is 0. The molecule has 0 bridgehead atoms. The van der Waals surface area contributed by atoms with Gasteiger partial charge < -0.3 is 9.84 Å². The quantitative estimate of drug-likeness (QED) is 0.903. The van der Waals surface area contributed by atoms with Crippen molar-refractivity contribution in [3.05, 3.63) is 64.2 Å². The Hall–Kier alpha value is -1.51. The summed E-state index contributed by atoms with van der Waals surface area (Å²) in [7, 11) is 0. The highest BCUT2D eigenvalue weighted by atomic mass is 35.5. The molecule has 19 heavy (non-hydrogen) atoms. The molecular weight excluding hydrogens is 260 g/mol. The van der Waals surface area contributed by atoms with Gasteiger partial charge in [0.05, 0.1) is 6.10 Å². The number of benzene rings is 2. The van der Waals surface area contributed by atoms with E-state index in [2.05, 4.69) is 0 Å². The largest absolute Gasteiger partial charge is 0.489 e. The van der Waals surface area contributed by atoms with Crippen LogP contribution in [0.5, 0.6) is 5.75 Å². The SMILES string of the molecule is Cc1ccc(COc2cccc(C(C)O)c2)c(Cl)c1. The minimum Gasteiger partial charge on any atom is -0.489 e. The zero-order valence-corrected chi connectivity index (χ0v) is 11.8. The van der Waals surface area contributed by atoms with E-state index < -0.39 is 6.10 Å². The van der Waals surface area contributed by atoms with Crippen LogP contribution in [0.25, 0.3) is 0 Å². The molecule has 0 aromatic heterocycles. The van der Waals surface area contributed by atoms with Gasteiger partial charge in [-0.05, 0) is 43.2 Å². The summed E-state index contributed by atoms with van der Waals surface area (Å²) < 4.78 is 5.71. The number of hydrogen-bond acceptors (Lipinski definition) is 2. The van der Waals surface area contributed by atoms with Gasteiger partial charge in [0.1, 0.15) is 12.4 Å². The highest BCUT2D eigenvalue weighted by Crippen LogP contribution is 2.22. The van der Waals surface area contributed by atoms with E-state index >= 15 is 0 Å². The highest BCUT2D eigenvalue weighted by molar-refractivity contribution is 6.31. The van der Waals surface area contributed by atoms with Crippen LogP contribution < -0.4 is 4.74 Å². The predicted octanol–water partition coefficient (Wildman–Crippen LogP) is 4.28. The van der Waals surface area contributed by atoms with E-state index in [1.807, 2.05) is 49.4 Å². The van der Waals surface area contributed by atoms with Gasteiger partial charge in [-0.25, -0.2) is 0 Å². The van der Waals surface area contributed by atoms with Crippen molar-refractivity contribution in [3.8, 4) is 5.75 Å². The zero-order chi connectivity index (χ0) is 13.8.